The molecule has 0 heterocycles. The third-order valence-electron chi connectivity index (χ3n) is 9.76. The van der Waals surface area contributed by atoms with Crippen LogP contribution in [0.5, 0.6) is 0 Å². The van der Waals surface area contributed by atoms with Crippen LogP contribution < -0.4 is 0 Å². The van der Waals surface area contributed by atoms with Crippen molar-refractivity contribution < 1.29 is 15.3 Å². The molecular weight excluding hydrogens is 396 g/mol. The van der Waals surface area contributed by atoms with Gasteiger partial charge in [-0.3, -0.25) is 0 Å². The topological polar surface area (TPSA) is 60.7 Å². The molecule has 0 spiro atoms. The molecule has 0 aromatic rings. The van der Waals surface area contributed by atoms with Gasteiger partial charge in [0.05, 0.1) is 18.3 Å². The minimum Gasteiger partial charge on any atom is -0.393 e. The van der Waals surface area contributed by atoms with Crippen molar-refractivity contribution in [3.8, 4) is 0 Å². The quantitative estimate of drug-likeness (QED) is 0.453. The lowest BCUT2D eigenvalue weighted by molar-refractivity contribution is 0.0862. The summed E-state index contributed by atoms with van der Waals surface area (Å²) in [5.41, 5.74) is 3.78. The average Bonchev–Trinajstić information content (AvgIpc) is 3.48. The van der Waals surface area contributed by atoms with Crippen molar-refractivity contribution in [2.24, 2.45) is 28.6 Å². The molecule has 4 aliphatic rings. The van der Waals surface area contributed by atoms with Crippen LogP contribution in [-0.4, -0.2) is 33.6 Å². The molecule has 0 saturated heterocycles. The largest absolute Gasteiger partial charge is 0.393 e. The van der Waals surface area contributed by atoms with Crippen LogP contribution in [0.25, 0.3) is 0 Å². The number of aliphatic hydroxyl groups is 3. The summed E-state index contributed by atoms with van der Waals surface area (Å²) in [5, 5.41) is 30.9. The Morgan fingerprint density at radius 3 is 2.56 bits per heavy atom. The van der Waals surface area contributed by atoms with Crippen molar-refractivity contribution in [3.05, 3.63) is 47.6 Å². The highest BCUT2D eigenvalue weighted by atomic mass is 16.3. The molecule has 4 rings (SSSR count). The molecular formula is C29H44O3. The second-order valence-corrected chi connectivity index (χ2v) is 11.6. The van der Waals surface area contributed by atoms with E-state index in [1.165, 1.54) is 31.3 Å². The summed E-state index contributed by atoms with van der Waals surface area (Å²) in [4.78, 5) is 0. The Morgan fingerprint density at radius 2 is 1.88 bits per heavy atom. The molecule has 0 unspecified atom stereocenters. The zero-order chi connectivity index (χ0) is 23.1. The first kappa shape index (κ1) is 24.0. The maximum absolute atomic E-state index is 10.7. The molecule has 3 heteroatoms. The highest BCUT2D eigenvalue weighted by Gasteiger charge is 2.50. The highest BCUT2D eigenvalue weighted by molar-refractivity contribution is 5.38. The van der Waals surface area contributed by atoms with Gasteiger partial charge in [0, 0.05) is 6.42 Å². The van der Waals surface area contributed by atoms with Crippen molar-refractivity contribution in [1.82, 2.24) is 0 Å². The number of rotatable bonds is 6. The SMILES string of the molecule is C=C1/C(=C\C=C2/CCC[C@]3(C)[C@@H]([C@H](C)/C=C/[C@@H](O)C4(CC)CC4)CC[C@@H]23)C[C@@H](O)C[C@@H]1O. The molecule has 4 saturated carbocycles. The van der Waals surface area contributed by atoms with Crippen LogP contribution in [0.15, 0.2) is 47.6 Å². The van der Waals surface area contributed by atoms with Gasteiger partial charge >= 0.3 is 0 Å². The number of hydrogen-bond donors (Lipinski definition) is 3. The first-order valence-corrected chi connectivity index (χ1v) is 13.0. The summed E-state index contributed by atoms with van der Waals surface area (Å²) in [5.74, 6) is 1.74. The van der Waals surface area contributed by atoms with E-state index in [9.17, 15) is 15.3 Å². The number of fused-ring (bicyclic) bond motifs is 1. The lowest BCUT2D eigenvalue weighted by Crippen LogP contribution is -2.35. The monoisotopic (exact) mass is 440 g/mol. The second-order valence-electron chi connectivity index (χ2n) is 11.6. The van der Waals surface area contributed by atoms with Gasteiger partial charge in [0.15, 0.2) is 0 Å². The number of hydrogen-bond acceptors (Lipinski definition) is 3. The summed E-state index contributed by atoms with van der Waals surface area (Å²) in [6, 6.07) is 0. The first-order chi connectivity index (χ1) is 15.2. The second kappa shape index (κ2) is 9.24. The minimum absolute atomic E-state index is 0.164. The Bertz CT molecular complexity index is 801. The molecule has 0 aromatic carbocycles. The fourth-order valence-corrected chi connectivity index (χ4v) is 7.25. The lowest BCUT2D eigenvalue weighted by atomic mass is 9.61. The van der Waals surface area contributed by atoms with Gasteiger partial charge in [0.1, 0.15) is 0 Å². The Balaban J connectivity index is 1.47. The maximum Gasteiger partial charge on any atom is 0.0811 e. The van der Waals surface area contributed by atoms with Crippen LogP contribution >= 0.6 is 0 Å². The zero-order valence-corrected chi connectivity index (χ0v) is 20.4. The van der Waals surface area contributed by atoms with E-state index in [-0.39, 0.29) is 11.5 Å². The van der Waals surface area contributed by atoms with Crippen molar-refractivity contribution >= 4 is 0 Å². The van der Waals surface area contributed by atoms with Gasteiger partial charge in [-0.2, -0.15) is 0 Å². The fourth-order valence-electron chi connectivity index (χ4n) is 7.25. The molecule has 7 atom stereocenters. The minimum atomic E-state index is -0.624. The highest BCUT2D eigenvalue weighted by Crippen LogP contribution is 2.60. The van der Waals surface area contributed by atoms with E-state index < -0.39 is 12.2 Å². The van der Waals surface area contributed by atoms with Crippen molar-refractivity contribution in [2.75, 3.05) is 0 Å². The van der Waals surface area contributed by atoms with Crippen molar-refractivity contribution in [3.63, 3.8) is 0 Å². The average molecular weight is 441 g/mol. The van der Waals surface area contributed by atoms with Gasteiger partial charge in [0.25, 0.3) is 0 Å². The van der Waals surface area contributed by atoms with Crippen LogP contribution in [-0.2, 0) is 0 Å². The lowest BCUT2D eigenvalue weighted by Gasteiger charge is -2.44. The van der Waals surface area contributed by atoms with Crippen LogP contribution in [0.4, 0.5) is 0 Å². The van der Waals surface area contributed by atoms with E-state index >= 15 is 0 Å². The normalized spacial score (nSPS) is 41.2. The summed E-state index contributed by atoms with van der Waals surface area (Å²) in [7, 11) is 0. The molecule has 0 radical (unpaired) electrons. The molecule has 0 aromatic heterocycles. The van der Waals surface area contributed by atoms with Gasteiger partial charge in [-0.1, -0.05) is 57.2 Å². The molecule has 3 nitrogen and oxygen atoms in total. The summed E-state index contributed by atoms with van der Waals surface area (Å²) < 4.78 is 0. The summed E-state index contributed by atoms with van der Waals surface area (Å²) in [6.45, 7) is 11.1. The Kier molecular flexibility index (Phi) is 6.92. The van der Waals surface area contributed by atoms with E-state index in [4.69, 9.17) is 0 Å². The van der Waals surface area contributed by atoms with Gasteiger partial charge in [-0.15, -0.1) is 0 Å². The van der Waals surface area contributed by atoms with E-state index in [1.54, 1.807) is 0 Å². The van der Waals surface area contributed by atoms with Gasteiger partial charge in [-0.05, 0) is 97.5 Å². The third-order valence-corrected chi connectivity index (χ3v) is 9.76. The van der Waals surface area contributed by atoms with E-state index in [1.807, 2.05) is 0 Å². The molecule has 178 valence electrons. The van der Waals surface area contributed by atoms with Crippen LogP contribution in [0.1, 0.15) is 85.0 Å². The molecule has 4 fully saturated rings. The predicted molar refractivity (Wildman–Crippen MR) is 131 cm³/mol. The Morgan fingerprint density at radius 1 is 1.12 bits per heavy atom. The Hall–Kier alpha value is -1.16. The standard InChI is InChI=1S/C29H44O3/c1-5-29(15-16-29)27(32)13-8-19(2)24-11-12-25-21(7-6-14-28(24,25)4)9-10-22-17-23(30)18-26(31)20(22)3/h8-10,13,19,23-27,30-32H,3,5-7,11-12,14-18H2,1-2,4H3/b13-8+,21-9+,22-10-/t19-,23-,24-,25+,26+,27-,28-/m1/s1. The van der Waals surface area contributed by atoms with Gasteiger partial charge in [0.2, 0.25) is 0 Å². The fraction of sp³-hybridized carbons (Fsp3) is 0.724. The van der Waals surface area contributed by atoms with Crippen LogP contribution in [0.3, 0.4) is 0 Å². The van der Waals surface area contributed by atoms with Gasteiger partial charge < -0.3 is 15.3 Å². The zero-order valence-electron chi connectivity index (χ0n) is 20.4. The maximum atomic E-state index is 10.7. The summed E-state index contributed by atoms with van der Waals surface area (Å²) in [6.07, 6.45) is 18.0. The van der Waals surface area contributed by atoms with E-state index in [0.717, 1.165) is 36.8 Å². The van der Waals surface area contributed by atoms with Crippen LogP contribution in [0.2, 0.25) is 0 Å². The predicted octanol–water partition coefficient (Wildman–Crippen LogP) is 5.87. The molecule has 3 N–H and O–H groups in total. The Labute approximate surface area is 195 Å². The molecule has 0 amide bonds. The van der Waals surface area contributed by atoms with Crippen molar-refractivity contribution in [1.29, 1.82) is 0 Å². The molecule has 4 aliphatic carbocycles. The third kappa shape index (κ3) is 4.45. The molecule has 0 aliphatic heterocycles. The first-order valence-electron chi connectivity index (χ1n) is 13.0. The number of aliphatic hydroxyl groups excluding tert-OH is 3. The summed E-state index contributed by atoms with van der Waals surface area (Å²) >= 11 is 0. The molecule has 32 heavy (non-hydrogen) atoms. The smallest absolute Gasteiger partial charge is 0.0811 e. The van der Waals surface area contributed by atoms with Crippen LogP contribution in [0, 0.1) is 28.6 Å². The number of allylic oxidation sites excluding steroid dienone is 4. The van der Waals surface area contributed by atoms with E-state index in [2.05, 4.69) is 51.7 Å². The molecule has 0 bridgehead atoms. The van der Waals surface area contributed by atoms with Crippen molar-refractivity contribution in [2.45, 2.75) is 103 Å². The van der Waals surface area contributed by atoms with Gasteiger partial charge in [-0.25, -0.2) is 0 Å². The van der Waals surface area contributed by atoms with E-state index in [0.29, 0.717) is 36.0 Å².